The number of halogens is 1. The number of amidine groups is 2. The topological polar surface area (TPSA) is 96.6 Å². The van der Waals surface area contributed by atoms with Crippen molar-refractivity contribution >= 4 is 55.7 Å². The van der Waals surface area contributed by atoms with Crippen molar-refractivity contribution < 1.29 is 19.0 Å². The van der Waals surface area contributed by atoms with Gasteiger partial charge < -0.3 is 14.2 Å². The highest BCUT2D eigenvalue weighted by Crippen LogP contribution is 2.29. The van der Waals surface area contributed by atoms with Crippen molar-refractivity contribution in [1.82, 2.24) is 5.01 Å². The van der Waals surface area contributed by atoms with Gasteiger partial charge in [0, 0.05) is 4.47 Å². The summed E-state index contributed by atoms with van der Waals surface area (Å²) in [5.74, 6) is 1.66. The van der Waals surface area contributed by atoms with Crippen LogP contribution in [-0.4, -0.2) is 46.8 Å². The summed E-state index contributed by atoms with van der Waals surface area (Å²) in [6.45, 7) is 1.02. The summed E-state index contributed by atoms with van der Waals surface area (Å²) in [5.41, 5.74) is 0.906. The molecule has 0 spiro atoms. The molecular formula is C27H21BrN4O4S. The molecule has 37 heavy (non-hydrogen) atoms. The SMILES string of the molecule is N=C1/C(=C/c2ccc(OCCOc3ccc(Br)cc3)cc2)C(=O)N=C2SC(COc3ccccc3)=NN12. The first-order chi connectivity index (χ1) is 18.0. The lowest BCUT2D eigenvalue weighted by Crippen LogP contribution is -2.35. The lowest BCUT2D eigenvalue weighted by molar-refractivity contribution is -0.114. The second-order valence-electron chi connectivity index (χ2n) is 7.84. The average Bonchev–Trinajstić information content (AvgIpc) is 3.33. The number of ether oxygens (including phenoxy) is 3. The van der Waals surface area contributed by atoms with Gasteiger partial charge in [0.15, 0.2) is 5.84 Å². The highest BCUT2D eigenvalue weighted by molar-refractivity contribution is 9.10. The Balaban J connectivity index is 1.17. The Morgan fingerprint density at radius 3 is 2.16 bits per heavy atom. The molecule has 0 saturated carbocycles. The molecule has 2 aliphatic rings. The van der Waals surface area contributed by atoms with Gasteiger partial charge in [-0.1, -0.05) is 46.3 Å². The highest BCUT2D eigenvalue weighted by atomic mass is 79.9. The summed E-state index contributed by atoms with van der Waals surface area (Å²) in [4.78, 5) is 16.8. The number of hydrogen-bond donors (Lipinski definition) is 1. The Labute approximate surface area is 226 Å². The molecule has 1 N–H and O–H groups in total. The van der Waals surface area contributed by atoms with Gasteiger partial charge in [-0.15, -0.1) is 0 Å². The Hall–Kier alpha value is -3.89. The molecule has 186 valence electrons. The number of hydrogen-bond acceptors (Lipinski definition) is 7. The molecule has 0 radical (unpaired) electrons. The molecule has 0 unspecified atom stereocenters. The molecule has 2 aliphatic heterocycles. The molecule has 0 fully saturated rings. The van der Waals surface area contributed by atoms with E-state index in [0.717, 1.165) is 15.8 Å². The van der Waals surface area contributed by atoms with Crippen LogP contribution in [0.25, 0.3) is 6.08 Å². The lowest BCUT2D eigenvalue weighted by Gasteiger charge is -2.20. The first-order valence-corrected chi connectivity index (χ1v) is 12.9. The van der Waals surface area contributed by atoms with Crippen molar-refractivity contribution in [2.45, 2.75) is 0 Å². The van der Waals surface area contributed by atoms with E-state index in [1.165, 1.54) is 16.8 Å². The minimum Gasteiger partial charge on any atom is -0.490 e. The van der Waals surface area contributed by atoms with Crippen LogP contribution in [-0.2, 0) is 4.79 Å². The zero-order valence-electron chi connectivity index (χ0n) is 19.5. The highest BCUT2D eigenvalue weighted by Gasteiger charge is 2.35. The lowest BCUT2D eigenvalue weighted by atomic mass is 10.1. The summed E-state index contributed by atoms with van der Waals surface area (Å²) >= 11 is 4.62. The first kappa shape index (κ1) is 24.8. The summed E-state index contributed by atoms with van der Waals surface area (Å²) in [6.07, 6.45) is 1.63. The van der Waals surface area contributed by atoms with Crippen LogP contribution >= 0.6 is 27.7 Å². The van der Waals surface area contributed by atoms with E-state index in [9.17, 15) is 4.79 Å². The van der Waals surface area contributed by atoms with Crippen LogP contribution in [0.2, 0.25) is 0 Å². The summed E-state index contributed by atoms with van der Waals surface area (Å²) in [7, 11) is 0. The maximum absolute atomic E-state index is 12.7. The number of aliphatic imine (C=N–C) groups is 1. The predicted octanol–water partition coefficient (Wildman–Crippen LogP) is 5.61. The van der Waals surface area contributed by atoms with Crippen LogP contribution in [0, 0.1) is 5.41 Å². The average molecular weight is 577 g/mol. The van der Waals surface area contributed by atoms with E-state index in [2.05, 4.69) is 26.0 Å². The van der Waals surface area contributed by atoms with Crippen LogP contribution in [0.1, 0.15) is 5.56 Å². The maximum Gasteiger partial charge on any atom is 0.283 e. The van der Waals surface area contributed by atoms with Crippen LogP contribution < -0.4 is 14.2 Å². The van der Waals surface area contributed by atoms with E-state index < -0.39 is 5.91 Å². The number of para-hydroxylation sites is 1. The van der Waals surface area contributed by atoms with Gasteiger partial charge in [-0.2, -0.15) is 15.1 Å². The number of nitrogens with one attached hydrogen (secondary N) is 1. The van der Waals surface area contributed by atoms with Gasteiger partial charge in [0.2, 0.25) is 5.17 Å². The van der Waals surface area contributed by atoms with Gasteiger partial charge in [-0.05, 0) is 71.9 Å². The summed E-state index contributed by atoms with van der Waals surface area (Å²) in [6, 6.07) is 24.2. The number of hydrazone groups is 1. The van der Waals surface area contributed by atoms with Gasteiger partial charge in [0.1, 0.15) is 42.1 Å². The Morgan fingerprint density at radius 2 is 1.49 bits per heavy atom. The third kappa shape index (κ3) is 6.28. The van der Waals surface area contributed by atoms with Crippen molar-refractivity contribution in [3.05, 3.63) is 94.5 Å². The minimum absolute atomic E-state index is 0.0253. The monoisotopic (exact) mass is 576 g/mol. The molecular weight excluding hydrogens is 556 g/mol. The molecule has 3 aromatic carbocycles. The second-order valence-corrected chi connectivity index (χ2v) is 9.79. The standard InChI is InChI=1S/C27H21BrN4O4S/c28-19-8-12-22(13-9-19)35-15-14-34-21-10-6-18(7-11-21)16-23-25(29)32-27(30-26(23)33)37-24(31-32)17-36-20-4-2-1-3-5-20/h1-13,16,29H,14-15,17H2/b23-16-,29-25?. The number of thioether (sulfide) groups is 1. The molecule has 10 heteroatoms. The number of amides is 1. The Bertz CT molecular complexity index is 1390. The second kappa shape index (κ2) is 11.4. The number of benzene rings is 3. The molecule has 2 heterocycles. The summed E-state index contributed by atoms with van der Waals surface area (Å²) < 4.78 is 18.1. The first-order valence-electron chi connectivity index (χ1n) is 11.3. The molecule has 0 atom stereocenters. The van der Waals surface area contributed by atoms with Gasteiger partial charge in [0.05, 0.1) is 5.57 Å². The minimum atomic E-state index is -0.477. The van der Waals surface area contributed by atoms with Crippen molar-refractivity contribution in [3.8, 4) is 17.2 Å². The van der Waals surface area contributed by atoms with E-state index in [0.29, 0.717) is 34.9 Å². The van der Waals surface area contributed by atoms with Gasteiger partial charge in [-0.3, -0.25) is 10.2 Å². The van der Waals surface area contributed by atoms with E-state index in [-0.39, 0.29) is 18.0 Å². The van der Waals surface area contributed by atoms with Crippen LogP contribution in [0.3, 0.4) is 0 Å². The van der Waals surface area contributed by atoms with Gasteiger partial charge >= 0.3 is 0 Å². The number of carbonyl (C=O) groups excluding carboxylic acids is 1. The fraction of sp³-hybridized carbons (Fsp3) is 0.111. The number of nitrogens with zero attached hydrogens (tertiary/aromatic N) is 3. The smallest absolute Gasteiger partial charge is 0.283 e. The molecule has 0 aliphatic carbocycles. The normalized spacial score (nSPS) is 15.8. The van der Waals surface area contributed by atoms with E-state index in [4.69, 9.17) is 19.6 Å². The van der Waals surface area contributed by atoms with Crippen molar-refractivity contribution in [2.75, 3.05) is 19.8 Å². The number of fused-ring (bicyclic) bond motifs is 1. The van der Waals surface area contributed by atoms with E-state index in [1.54, 1.807) is 18.2 Å². The predicted molar refractivity (Wildman–Crippen MR) is 149 cm³/mol. The van der Waals surface area contributed by atoms with E-state index >= 15 is 0 Å². The molecule has 0 bridgehead atoms. The van der Waals surface area contributed by atoms with Crippen LogP contribution in [0.5, 0.6) is 17.2 Å². The van der Waals surface area contributed by atoms with Crippen LogP contribution in [0.15, 0.2) is 99.0 Å². The molecule has 1 amide bonds. The maximum atomic E-state index is 12.7. The zero-order valence-corrected chi connectivity index (χ0v) is 21.9. The van der Waals surface area contributed by atoms with Crippen LogP contribution in [0.4, 0.5) is 0 Å². The fourth-order valence-corrected chi connectivity index (χ4v) is 4.49. The molecule has 5 rings (SSSR count). The zero-order chi connectivity index (χ0) is 25.6. The van der Waals surface area contributed by atoms with E-state index in [1.807, 2.05) is 66.7 Å². The number of carbonyl (C=O) groups is 1. The van der Waals surface area contributed by atoms with Crippen molar-refractivity contribution in [1.29, 1.82) is 5.41 Å². The molecule has 8 nitrogen and oxygen atoms in total. The molecule has 0 saturated heterocycles. The Morgan fingerprint density at radius 1 is 0.865 bits per heavy atom. The van der Waals surface area contributed by atoms with Gasteiger partial charge in [-0.25, -0.2) is 0 Å². The third-order valence-corrected chi connectivity index (χ3v) is 6.64. The Kier molecular flexibility index (Phi) is 7.67. The van der Waals surface area contributed by atoms with Crippen molar-refractivity contribution in [3.63, 3.8) is 0 Å². The number of rotatable bonds is 9. The molecule has 3 aromatic rings. The summed E-state index contributed by atoms with van der Waals surface area (Å²) in [5, 5.41) is 15.3. The third-order valence-electron chi connectivity index (χ3n) is 5.23. The molecule has 0 aromatic heterocycles. The van der Waals surface area contributed by atoms with Gasteiger partial charge in [0.25, 0.3) is 5.91 Å². The van der Waals surface area contributed by atoms with Crippen molar-refractivity contribution in [2.24, 2.45) is 10.1 Å². The largest absolute Gasteiger partial charge is 0.490 e. The quantitative estimate of drug-likeness (QED) is 0.263. The fourth-order valence-electron chi connectivity index (χ4n) is 3.43.